The molecule has 3 aliphatic rings. The Morgan fingerprint density at radius 2 is 2.03 bits per heavy atom. The van der Waals surface area contributed by atoms with Crippen molar-refractivity contribution in [3.8, 4) is 0 Å². The molecule has 2 fully saturated rings. The van der Waals surface area contributed by atoms with Crippen molar-refractivity contribution < 1.29 is 18.0 Å². The summed E-state index contributed by atoms with van der Waals surface area (Å²) in [7, 11) is -3.16. The van der Waals surface area contributed by atoms with E-state index in [1.54, 1.807) is 4.90 Å². The van der Waals surface area contributed by atoms with Crippen molar-refractivity contribution >= 4 is 77.1 Å². The number of rotatable bonds is 4. The van der Waals surface area contributed by atoms with Gasteiger partial charge in [-0.3, -0.25) is 14.5 Å². The standard InChI is InChI=1S/C19H19BrN2O4S3/c1-2-3-7-21-14-5-4-11(20)9-13(14)15(17(21)23)16-18(24)22(19(27)28-16)12-6-8-29(25,26)10-12/h4-5,9,12H,2-3,6-8,10H2,1H3/b16-15-/t12-/m0/s1. The van der Waals surface area contributed by atoms with Gasteiger partial charge in [-0.15, -0.1) is 0 Å². The molecule has 6 nitrogen and oxygen atoms in total. The number of hydrogen-bond acceptors (Lipinski definition) is 6. The maximum absolute atomic E-state index is 13.3. The minimum atomic E-state index is -3.16. The Morgan fingerprint density at radius 1 is 1.28 bits per heavy atom. The van der Waals surface area contributed by atoms with E-state index >= 15 is 0 Å². The van der Waals surface area contributed by atoms with Gasteiger partial charge in [0.15, 0.2) is 9.84 Å². The van der Waals surface area contributed by atoms with Crippen LogP contribution in [0.15, 0.2) is 27.6 Å². The third-order valence-corrected chi connectivity index (χ3v) is 8.96. The minimum Gasteiger partial charge on any atom is -0.308 e. The van der Waals surface area contributed by atoms with E-state index in [2.05, 4.69) is 22.9 Å². The Kier molecular flexibility index (Phi) is 5.65. The maximum Gasteiger partial charge on any atom is 0.267 e. The number of nitrogens with zero attached hydrogens (tertiary/aromatic N) is 2. The van der Waals surface area contributed by atoms with Gasteiger partial charge in [-0.1, -0.05) is 53.3 Å². The highest BCUT2D eigenvalue weighted by molar-refractivity contribution is 9.10. The van der Waals surface area contributed by atoms with Crippen LogP contribution in [0, 0.1) is 0 Å². The van der Waals surface area contributed by atoms with E-state index in [1.165, 1.54) is 4.90 Å². The van der Waals surface area contributed by atoms with Gasteiger partial charge in [0.05, 0.1) is 33.7 Å². The zero-order valence-electron chi connectivity index (χ0n) is 15.7. The lowest BCUT2D eigenvalue weighted by Crippen LogP contribution is -2.39. The number of unbranched alkanes of at least 4 members (excludes halogenated alkanes) is 1. The van der Waals surface area contributed by atoms with Crippen molar-refractivity contribution in [3.63, 3.8) is 0 Å². The molecule has 29 heavy (non-hydrogen) atoms. The van der Waals surface area contributed by atoms with Crippen LogP contribution in [0.2, 0.25) is 0 Å². The van der Waals surface area contributed by atoms with E-state index in [0.717, 1.165) is 34.8 Å². The number of carbonyl (C=O) groups excluding carboxylic acids is 2. The monoisotopic (exact) mass is 514 g/mol. The third kappa shape index (κ3) is 3.68. The molecule has 3 aliphatic heterocycles. The van der Waals surface area contributed by atoms with Gasteiger partial charge in [0.1, 0.15) is 4.32 Å². The summed E-state index contributed by atoms with van der Waals surface area (Å²) < 4.78 is 24.9. The van der Waals surface area contributed by atoms with Crippen LogP contribution < -0.4 is 4.90 Å². The number of benzene rings is 1. The Labute approximate surface area is 187 Å². The predicted octanol–water partition coefficient (Wildman–Crippen LogP) is 3.35. The molecule has 0 radical (unpaired) electrons. The molecule has 0 bridgehead atoms. The molecule has 0 spiro atoms. The number of fused-ring (bicyclic) bond motifs is 1. The van der Waals surface area contributed by atoms with Crippen molar-refractivity contribution in [3.05, 3.63) is 33.1 Å². The smallest absolute Gasteiger partial charge is 0.267 e. The zero-order valence-corrected chi connectivity index (χ0v) is 19.7. The fraction of sp³-hybridized carbons (Fsp3) is 0.421. The topological polar surface area (TPSA) is 74.8 Å². The molecule has 3 heterocycles. The highest BCUT2D eigenvalue weighted by Gasteiger charge is 2.46. The van der Waals surface area contributed by atoms with Crippen LogP contribution in [0.3, 0.4) is 0 Å². The summed E-state index contributed by atoms with van der Waals surface area (Å²) in [6.45, 7) is 2.64. The lowest BCUT2D eigenvalue weighted by atomic mass is 10.1. The molecular formula is C19H19BrN2O4S3. The summed E-state index contributed by atoms with van der Waals surface area (Å²) >= 11 is 9.96. The largest absolute Gasteiger partial charge is 0.308 e. The quantitative estimate of drug-likeness (QED) is 0.453. The van der Waals surface area contributed by atoms with E-state index in [-0.39, 0.29) is 23.3 Å². The number of thioether (sulfide) groups is 1. The van der Waals surface area contributed by atoms with Gasteiger partial charge >= 0.3 is 0 Å². The fourth-order valence-electron chi connectivity index (χ4n) is 3.89. The first-order valence-electron chi connectivity index (χ1n) is 9.35. The molecule has 1 aromatic carbocycles. The normalized spacial score (nSPS) is 26.0. The van der Waals surface area contributed by atoms with Crippen LogP contribution >= 0.6 is 39.9 Å². The second-order valence-electron chi connectivity index (χ2n) is 7.28. The molecule has 0 unspecified atom stereocenters. The number of thiocarbonyl (C=S) groups is 1. The van der Waals surface area contributed by atoms with Crippen molar-refractivity contribution in [1.29, 1.82) is 0 Å². The molecule has 0 aromatic heterocycles. The first-order chi connectivity index (χ1) is 13.7. The zero-order chi connectivity index (χ0) is 20.9. The molecule has 2 saturated heterocycles. The Bertz CT molecular complexity index is 1070. The van der Waals surface area contributed by atoms with Gasteiger partial charge in [-0.2, -0.15) is 0 Å². The summed E-state index contributed by atoms with van der Waals surface area (Å²) in [5.41, 5.74) is 1.86. The number of anilines is 1. The van der Waals surface area contributed by atoms with E-state index < -0.39 is 15.9 Å². The van der Waals surface area contributed by atoms with Crippen molar-refractivity contribution in [2.45, 2.75) is 32.2 Å². The van der Waals surface area contributed by atoms with E-state index in [9.17, 15) is 18.0 Å². The summed E-state index contributed by atoms with van der Waals surface area (Å²) in [5, 5.41) is 0. The van der Waals surface area contributed by atoms with Crippen molar-refractivity contribution in [1.82, 2.24) is 4.90 Å². The molecule has 1 aromatic rings. The summed E-state index contributed by atoms with van der Waals surface area (Å²) in [5.74, 6) is -0.597. The summed E-state index contributed by atoms with van der Waals surface area (Å²) in [6.07, 6.45) is 2.18. The number of hydrogen-bond donors (Lipinski definition) is 0. The number of halogens is 1. The lowest BCUT2D eigenvalue weighted by Gasteiger charge is -2.21. The Hall–Kier alpha value is -1.23. The van der Waals surface area contributed by atoms with Crippen LogP contribution in [0.5, 0.6) is 0 Å². The van der Waals surface area contributed by atoms with Gasteiger partial charge in [0, 0.05) is 16.6 Å². The number of sulfone groups is 1. The van der Waals surface area contributed by atoms with Gasteiger partial charge in [0.25, 0.3) is 11.8 Å². The average molecular weight is 515 g/mol. The molecule has 10 heteroatoms. The van der Waals surface area contributed by atoms with Crippen LogP contribution in [0.1, 0.15) is 31.7 Å². The second kappa shape index (κ2) is 7.79. The van der Waals surface area contributed by atoms with Crippen LogP contribution in [-0.2, 0) is 19.4 Å². The van der Waals surface area contributed by atoms with Gasteiger partial charge < -0.3 is 4.90 Å². The summed E-state index contributed by atoms with van der Waals surface area (Å²) in [4.78, 5) is 29.9. The molecule has 0 saturated carbocycles. The molecule has 2 amide bonds. The average Bonchev–Trinajstić information content (AvgIpc) is 3.24. The maximum atomic E-state index is 13.3. The van der Waals surface area contributed by atoms with E-state index in [0.29, 0.717) is 33.3 Å². The van der Waals surface area contributed by atoms with Crippen molar-refractivity contribution in [2.24, 2.45) is 0 Å². The van der Waals surface area contributed by atoms with Crippen LogP contribution in [0.25, 0.3) is 5.57 Å². The Balaban J connectivity index is 1.77. The van der Waals surface area contributed by atoms with Crippen LogP contribution in [-0.4, -0.2) is 53.5 Å². The molecule has 154 valence electrons. The summed E-state index contributed by atoms with van der Waals surface area (Å²) in [6, 6.07) is 5.15. The molecule has 0 aliphatic carbocycles. The lowest BCUT2D eigenvalue weighted by molar-refractivity contribution is -0.123. The fourth-order valence-corrected chi connectivity index (χ4v) is 7.42. The molecule has 1 atom stereocenters. The highest BCUT2D eigenvalue weighted by atomic mass is 79.9. The Morgan fingerprint density at radius 3 is 2.69 bits per heavy atom. The van der Waals surface area contributed by atoms with E-state index in [4.69, 9.17) is 12.2 Å². The molecule has 0 N–H and O–H groups in total. The molecular weight excluding hydrogens is 496 g/mol. The number of carbonyl (C=O) groups is 2. The van der Waals surface area contributed by atoms with Gasteiger partial charge in [0.2, 0.25) is 0 Å². The molecule has 4 rings (SSSR count). The van der Waals surface area contributed by atoms with Gasteiger partial charge in [-0.25, -0.2) is 8.42 Å². The van der Waals surface area contributed by atoms with Crippen LogP contribution in [0.4, 0.5) is 5.69 Å². The predicted molar refractivity (Wildman–Crippen MR) is 122 cm³/mol. The first-order valence-corrected chi connectivity index (χ1v) is 13.2. The van der Waals surface area contributed by atoms with E-state index in [1.807, 2.05) is 18.2 Å². The second-order valence-corrected chi connectivity index (χ2v) is 12.1. The first kappa shape index (κ1) is 21.0. The highest BCUT2D eigenvalue weighted by Crippen LogP contribution is 2.46. The van der Waals surface area contributed by atoms with Crippen molar-refractivity contribution in [2.75, 3.05) is 23.0 Å². The third-order valence-electron chi connectivity index (χ3n) is 5.31. The van der Waals surface area contributed by atoms with Gasteiger partial charge in [-0.05, 0) is 31.0 Å². The SMILES string of the molecule is CCCCN1C(=O)/C(=C2\SC(=S)N([C@H]3CCS(=O)(=O)C3)C2=O)c2cc(Br)ccc21. The minimum absolute atomic E-state index is 0.0557. The number of amides is 2.